The number of carbonyl (C=O) groups excluding carboxylic acids is 1. The fourth-order valence-electron chi connectivity index (χ4n) is 1.66. The molecule has 0 aromatic carbocycles. The predicted molar refractivity (Wildman–Crippen MR) is 51.4 cm³/mol. The number of hydrogen-bond donors (Lipinski definition) is 1. The molecule has 13 heavy (non-hydrogen) atoms. The molecule has 1 aliphatic rings. The van der Waals surface area contributed by atoms with E-state index in [0.29, 0.717) is 26.1 Å². The van der Waals surface area contributed by atoms with Crippen LogP contribution >= 0.6 is 0 Å². The van der Waals surface area contributed by atoms with Crippen LogP contribution in [0.1, 0.15) is 33.1 Å². The summed E-state index contributed by atoms with van der Waals surface area (Å²) in [6, 6.07) is 0. The smallest absolute Gasteiger partial charge is 0.155 e. The van der Waals surface area contributed by atoms with Crippen LogP contribution in [0.2, 0.25) is 0 Å². The fourth-order valence-corrected chi connectivity index (χ4v) is 1.66. The summed E-state index contributed by atoms with van der Waals surface area (Å²) in [6.45, 7) is 5.22. The molecular formula is C10H19NO2. The van der Waals surface area contributed by atoms with Gasteiger partial charge in [0.05, 0.1) is 5.54 Å². The van der Waals surface area contributed by atoms with Crippen LogP contribution in [0.5, 0.6) is 0 Å². The van der Waals surface area contributed by atoms with Crippen LogP contribution in [0.25, 0.3) is 0 Å². The van der Waals surface area contributed by atoms with Crippen LogP contribution in [0.3, 0.4) is 0 Å². The first-order chi connectivity index (χ1) is 6.10. The van der Waals surface area contributed by atoms with Crippen molar-refractivity contribution in [3.05, 3.63) is 0 Å². The number of ether oxygens (including phenoxy) is 1. The highest BCUT2D eigenvalue weighted by molar-refractivity contribution is 5.90. The highest BCUT2D eigenvalue weighted by Crippen LogP contribution is 2.23. The fraction of sp³-hybridized carbons (Fsp3) is 0.900. The van der Waals surface area contributed by atoms with Gasteiger partial charge in [0.2, 0.25) is 0 Å². The zero-order chi connectivity index (χ0) is 9.90. The zero-order valence-electron chi connectivity index (χ0n) is 8.51. The van der Waals surface area contributed by atoms with Crippen molar-refractivity contribution >= 4 is 5.78 Å². The van der Waals surface area contributed by atoms with Gasteiger partial charge < -0.3 is 10.5 Å². The van der Waals surface area contributed by atoms with Gasteiger partial charge in [0, 0.05) is 19.1 Å². The standard InChI is InChI=1S/C10H19NO2/c1-3-8(2)9(12)10(11)4-6-13-7-5-10/h8H,3-7,11H2,1-2H3. The minimum absolute atomic E-state index is 0.0862. The van der Waals surface area contributed by atoms with Gasteiger partial charge in [-0.25, -0.2) is 0 Å². The van der Waals surface area contributed by atoms with E-state index in [1.165, 1.54) is 0 Å². The Bertz CT molecular complexity index is 185. The average molecular weight is 185 g/mol. The normalized spacial score (nSPS) is 23.9. The van der Waals surface area contributed by atoms with Crippen LogP contribution in [-0.4, -0.2) is 24.5 Å². The number of carbonyl (C=O) groups is 1. The molecule has 1 fully saturated rings. The summed E-state index contributed by atoms with van der Waals surface area (Å²) in [6.07, 6.45) is 2.23. The van der Waals surface area contributed by atoms with Gasteiger partial charge in [0.1, 0.15) is 0 Å². The molecule has 0 saturated carbocycles. The minimum Gasteiger partial charge on any atom is -0.381 e. The van der Waals surface area contributed by atoms with Crippen molar-refractivity contribution < 1.29 is 9.53 Å². The second kappa shape index (κ2) is 4.20. The molecule has 1 rings (SSSR count). The number of ketones is 1. The molecule has 0 radical (unpaired) electrons. The van der Waals surface area contributed by atoms with Crippen molar-refractivity contribution in [1.29, 1.82) is 0 Å². The Morgan fingerprint density at radius 1 is 1.54 bits per heavy atom. The summed E-state index contributed by atoms with van der Waals surface area (Å²) in [5, 5.41) is 0. The lowest BCUT2D eigenvalue weighted by molar-refractivity contribution is -0.131. The third-order valence-corrected chi connectivity index (χ3v) is 2.94. The number of nitrogens with two attached hydrogens (primary N) is 1. The lowest BCUT2D eigenvalue weighted by Gasteiger charge is -2.33. The maximum absolute atomic E-state index is 11.9. The molecule has 1 unspecified atom stereocenters. The molecule has 2 N–H and O–H groups in total. The van der Waals surface area contributed by atoms with Crippen LogP contribution in [-0.2, 0) is 9.53 Å². The summed E-state index contributed by atoms with van der Waals surface area (Å²) in [7, 11) is 0. The number of rotatable bonds is 3. The summed E-state index contributed by atoms with van der Waals surface area (Å²) in [5.41, 5.74) is 5.45. The van der Waals surface area contributed by atoms with Gasteiger partial charge >= 0.3 is 0 Å². The summed E-state index contributed by atoms with van der Waals surface area (Å²) < 4.78 is 5.20. The summed E-state index contributed by atoms with van der Waals surface area (Å²) >= 11 is 0. The topological polar surface area (TPSA) is 52.3 Å². The largest absolute Gasteiger partial charge is 0.381 e. The average Bonchev–Trinajstić information content (AvgIpc) is 2.16. The van der Waals surface area contributed by atoms with E-state index in [0.717, 1.165) is 6.42 Å². The first-order valence-electron chi connectivity index (χ1n) is 5.01. The Kier molecular flexibility index (Phi) is 3.45. The highest BCUT2D eigenvalue weighted by atomic mass is 16.5. The molecular weight excluding hydrogens is 166 g/mol. The molecule has 1 heterocycles. The third-order valence-electron chi connectivity index (χ3n) is 2.94. The molecule has 3 nitrogen and oxygen atoms in total. The van der Waals surface area contributed by atoms with E-state index in [-0.39, 0.29) is 11.7 Å². The Hall–Kier alpha value is -0.410. The van der Waals surface area contributed by atoms with Gasteiger partial charge in [-0.2, -0.15) is 0 Å². The molecule has 1 atom stereocenters. The molecule has 1 aliphatic heterocycles. The van der Waals surface area contributed by atoms with E-state index < -0.39 is 5.54 Å². The van der Waals surface area contributed by atoms with Crippen molar-refractivity contribution in [2.24, 2.45) is 11.7 Å². The van der Waals surface area contributed by atoms with Crippen LogP contribution < -0.4 is 5.73 Å². The quantitative estimate of drug-likeness (QED) is 0.716. The summed E-state index contributed by atoms with van der Waals surface area (Å²) in [4.78, 5) is 11.9. The molecule has 1 saturated heterocycles. The first kappa shape index (κ1) is 10.7. The Morgan fingerprint density at radius 3 is 2.54 bits per heavy atom. The molecule has 0 aromatic heterocycles. The van der Waals surface area contributed by atoms with Crippen molar-refractivity contribution in [2.75, 3.05) is 13.2 Å². The monoisotopic (exact) mass is 185 g/mol. The number of hydrogen-bond acceptors (Lipinski definition) is 3. The SMILES string of the molecule is CCC(C)C(=O)C1(N)CCOCC1. The van der Waals surface area contributed by atoms with E-state index in [2.05, 4.69) is 0 Å². The van der Waals surface area contributed by atoms with Crippen molar-refractivity contribution in [1.82, 2.24) is 0 Å². The van der Waals surface area contributed by atoms with E-state index in [1.54, 1.807) is 0 Å². The van der Waals surface area contributed by atoms with E-state index in [9.17, 15) is 4.79 Å². The molecule has 0 bridgehead atoms. The van der Waals surface area contributed by atoms with Crippen molar-refractivity contribution in [3.8, 4) is 0 Å². The second-order valence-corrected chi connectivity index (χ2v) is 3.94. The second-order valence-electron chi connectivity index (χ2n) is 3.94. The Balaban J connectivity index is 2.61. The summed E-state index contributed by atoms with van der Waals surface area (Å²) in [5.74, 6) is 0.293. The van der Waals surface area contributed by atoms with E-state index >= 15 is 0 Å². The lowest BCUT2D eigenvalue weighted by atomic mass is 9.80. The lowest BCUT2D eigenvalue weighted by Crippen LogP contribution is -2.53. The van der Waals surface area contributed by atoms with Crippen LogP contribution in [0, 0.1) is 5.92 Å². The van der Waals surface area contributed by atoms with E-state index in [4.69, 9.17) is 10.5 Å². The van der Waals surface area contributed by atoms with Gasteiger partial charge in [-0.05, 0) is 19.3 Å². The third kappa shape index (κ3) is 2.29. The molecule has 0 aliphatic carbocycles. The number of Topliss-reactive ketones (excluding diaryl/α,β-unsaturated/α-hetero) is 1. The molecule has 0 amide bonds. The maximum Gasteiger partial charge on any atom is 0.155 e. The van der Waals surface area contributed by atoms with Crippen LogP contribution in [0.4, 0.5) is 0 Å². The van der Waals surface area contributed by atoms with Gasteiger partial charge in [0.25, 0.3) is 0 Å². The molecule has 76 valence electrons. The van der Waals surface area contributed by atoms with Crippen LogP contribution in [0.15, 0.2) is 0 Å². The predicted octanol–water partition coefficient (Wildman–Crippen LogP) is 1.11. The van der Waals surface area contributed by atoms with Crippen molar-refractivity contribution in [3.63, 3.8) is 0 Å². The zero-order valence-corrected chi connectivity index (χ0v) is 8.51. The van der Waals surface area contributed by atoms with Crippen molar-refractivity contribution in [2.45, 2.75) is 38.6 Å². The Morgan fingerprint density at radius 2 is 2.08 bits per heavy atom. The van der Waals surface area contributed by atoms with Gasteiger partial charge in [-0.15, -0.1) is 0 Å². The maximum atomic E-state index is 11.9. The Labute approximate surface area is 79.6 Å². The minimum atomic E-state index is -0.603. The van der Waals surface area contributed by atoms with Gasteiger partial charge in [-0.1, -0.05) is 13.8 Å². The van der Waals surface area contributed by atoms with Gasteiger partial charge in [-0.3, -0.25) is 4.79 Å². The van der Waals surface area contributed by atoms with Gasteiger partial charge in [0.15, 0.2) is 5.78 Å². The van der Waals surface area contributed by atoms with E-state index in [1.807, 2.05) is 13.8 Å². The molecule has 0 aromatic rings. The molecule has 3 heteroatoms. The highest BCUT2D eigenvalue weighted by Gasteiger charge is 2.37. The molecule has 0 spiro atoms. The first-order valence-corrected chi connectivity index (χ1v) is 5.01.